The molecule has 0 amide bonds. The summed E-state index contributed by atoms with van der Waals surface area (Å²) in [5, 5.41) is 3.40. The molecular weight excluding hydrogens is 314 g/mol. The fourth-order valence-electron chi connectivity index (χ4n) is 2.53. The molecular formula is C20H23N3O2. The summed E-state index contributed by atoms with van der Waals surface area (Å²) in [5.74, 6) is 1.86. The van der Waals surface area contributed by atoms with Crippen molar-refractivity contribution in [1.29, 1.82) is 0 Å². The van der Waals surface area contributed by atoms with E-state index in [-0.39, 0.29) is 0 Å². The molecule has 0 aliphatic heterocycles. The molecule has 0 radical (unpaired) electrons. The SMILES string of the molecule is COc1ccc(COCc2cccc(NCc3nccn3C)c2)cc1. The summed E-state index contributed by atoms with van der Waals surface area (Å²) in [4.78, 5) is 4.32. The summed E-state index contributed by atoms with van der Waals surface area (Å²) < 4.78 is 13.0. The van der Waals surface area contributed by atoms with E-state index in [0.29, 0.717) is 19.8 Å². The van der Waals surface area contributed by atoms with Gasteiger partial charge in [-0.25, -0.2) is 4.98 Å². The molecule has 1 aromatic heterocycles. The molecule has 5 nitrogen and oxygen atoms in total. The van der Waals surface area contributed by atoms with Gasteiger partial charge in [-0.1, -0.05) is 24.3 Å². The summed E-state index contributed by atoms with van der Waals surface area (Å²) in [7, 11) is 3.66. The van der Waals surface area contributed by atoms with Crippen LogP contribution in [-0.2, 0) is 31.5 Å². The lowest BCUT2D eigenvalue weighted by Gasteiger charge is -2.09. The zero-order valence-electron chi connectivity index (χ0n) is 14.6. The fraction of sp³-hybridized carbons (Fsp3) is 0.250. The van der Waals surface area contributed by atoms with E-state index >= 15 is 0 Å². The molecule has 0 unspecified atom stereocenters. The predicted octanol–water partition coefficient (Wildman–Crippen LogP) is 3.76. The van der Waals surface area contributed by atoms with Gasteiger partial charge in [0.15, 0.2) is 0 Å². The highest BCUT2D eigenvalue weighted by molar-refractivity contribution is 5.45. The van der Waals surface area contributed by atoms with Crippen molar-refractivity contribution in [2.24, 2.45) is 7.05 Å². The lowest BCUT2D eigenvalue weighted by molar-refractivity contribution is 0.107. The lowest BCUT2D eigenvalue weighted by atomic mass is 10.2. The third-order valence-electron chi connectivity index (χ3n) is 4.00. The van der Waals surface area contributed by atoms with E-state index < -0.39 is 0 Å². The Kier molecular flexibility index (Phi) is 5.69. The minimum atomic E-state index is 0.573. The minimum absolute atomic E-state index is 0.573. The number of imidazole rings is 1. The standard InChI is InChI=1S/C20H23N3O2/c1-23-11-10-21-20(23)13-22-18-5-3-4-17(12-18)15-25-14-16-6-8-19(24-2)9-7-16/h3-12,22H,13-15H2,1-2H3. The van der Waals surface area contributed by atoms with Crippen molar-refractivity contribution in [3.63, 3.8) is 0 Å². The molecule has 1 heterocycles. The van der Waals surface area contributed by atoms with Crippen LogP contribution in [0.1, 0.15) is 17.0 Å². The van der Waals surface area contributed by atoms with E-state index in [1.807, 2.05) is 48.1 Å². The molecule has 25 heavy (non-hydrogen) atoms. The average molecular weight is 337 g/mol. The van der Waals surface area contributed by atoms with Crippen LogP contribution in [0.3, 0.4) is 0 Å². The number of hydrogen-bond donors (Lipinski definition) is 1. The molecule has 0 bridgehead atoms. The van der Waals surface area contributed by atoms with Crippen LogP contribution in [0, 0.1) is 0 Å². The van der Waals surface area contributed by atoms with Crippen LogP contribution >= 0.6 is 0 Å². The molecule has 130 valence electrons. The maximum Gasteiger partial charge on any atom is 0.127 e. The monoisotopic (exact) mass is 337 g/mol. The quantitative estimate of drug-likeness (QED) is 0.680. The van der Waals surface area contributed by atoms with Gasteiger partial charge in [0, 0.05) is 25.1 Å². The molecule has 2 aromatic carbocycles. The van der Waals surface area contributed by atoms with Gasteiger partial charge in [0.1, 0.15) is 11.6 Å². The molecule has 3 aromatic rings. The van der Waals surface area contributed by atoms with Gasteiger partial charge in [0.25, 0.3) is 0 Å². The van der Waals surface area contributed by atoms with Crippen LogP contribution in [0.4, 0.5) is 5.69 Å². The first-order valence-electron chi connectivity index (χ1n) is 8.24. The highest BCUT2D eigenvalue weighted by Gasteiger charge is 2.01. The Hall–Kier alpha value is -2.79. The van der Waals surface area contributed by atoms with Crippen molar-refractivity contribution in [3.8, 4) is 5.75 Å². The van der Waals surface area contributed by atoms with Gasteiger partial charge in [-0.05, 0) is 35.4 Å². The van der Waals surface area contributed by atoms with Gasteiger partial charge in [-0.2, -0.15) is 0 Å². The topological polar surface area (TPSA) is 48.3 Å². The number of aryl methyl sites for hydroxylation is 1. The van der Waals surface area contributed by atoms with E-state index in [2.05, 4.69) is 28.5 Å². The molecule has 5 heteroatoms. The highest BCUT2D eigenvalue weighted by atomic mass is 16.5. The zero-order valence-corrected chi connectivity index (χ0v) is 14.6. The number of nitrogens with one attached hydrogen (secondary N) is 1. The van der Waals surface area contributed by atoms with Crippen LogP contribution in [0.25, 0.3) is 0 Å². The summed E-state index contributed by atoms with van der Waals surface area (Å²) in [6.45, 7) is 1.85. The number of aromatic nitrogens is 2. The largest absolute Gasteiger partial charge is 0.497 e. The Balaban J connectivity index is 1.50. The van der Waals surface area contributed by atoms with E-state index in [4.69, 9.17) is 9.47 Å². The number of hydrogen-bond acceptors (Lipinski definition) is 4. The number of benzene rings is 2. The van der Waals surface area contributed by atoms with Crippen molar-refractivity contribution in [3.05, 3.63) is 77.9 Å². The third kappa shape index (κ3) is 4.84. The van der Waals surface area contributed by atoms with Crippen molar-refractivity contribution in [1.82, 2.24) is 9.55 Å². The van der Waals surface area contributed by atoms with Crippen molar-refractivity contribution in [2.75, 3.05) is 12.4 Å². The van der Waals surface area contributed by atoms with E-state index in [9.17, 15) is 0 Å². The van der Waals surface area contributed by atoms with Gasteiger partial charge in [0.2, 0.25) is 0 Å². The number of ether oxygens (including phenoxy) is 2. The number of methoxy groups -OCH3 is 1. The Morgan fingerprint density at radius 2 is 1.84 bits per heavy atom. The summed E-state index contributed by atoms with van der Waals surface area (Å²) in [5.41, 5.74) is 3.33. The Bertz CT molecular complexity index is 797. The van der Waals surface area contributed by atoms with Gasteiger partial charge in [0.05, 0.1) is 26.9 Å². The van der Waals surface area contributed by atoms with Crippen LogP contribution in [0.15, 0.2) is 60.9 Å². The highest BCUT2D eigenvalue weighted by Crippen LogP contribution is 2.15. The van der Waals surface area contributed by atoms with Crippen molar-refractivity contribution >= 4 is 5.69 Å². The molecule has 3 rings (SSSR count). The predicted molar refractivity (Wildman–Crippen MR) is 98.5 cm³/mol. The van der Waals surface area contributed by atoms with E-state index in [1.54, 1.807) is 13.3 Å². The molecule has 0 aliphatic rings. The summed E-state index contributed by atoms with van der Waals surface area (Å²) in [6, 6.07) is 16.2. The molecule has 0 aliphatic carbocycles. The minimum Gasteiger partial charge on any atom is -0.497 e. The Morgan fingerprint density at radius 3 is 2.56 bits per heavy atom. The van der Waals surface area contributed by atoms with Gasteiger partial charge < -0.3 is 19.4 Å². The first-order valence-corrected chi connectivity index (χ1v) is 8.24. The molecule has 0 fully saturated rings. The molecule has 0 spiro atoms. The first kappa shape index (κ1) is 17.0. The van der Waals surface area contributed by atoms with E-state index in [1.165, 1.54) is 0 Å². The average Bonchev–Trinajstić information content (AvgIpc) is 3.06. The Morgan fingerprint density at radius 1 is 1.04 bits per heavy atom. The zero-order chi connectivity index (χ0) is 17.5. The summed E-state index contributed by atoms with van der Waals surface area (Å²) in [6.07, 6.45) is 3.75. The molecule has 0 saturated carbocycles. The van der Waals surface area contributed by atoms with Gasteiger partial charge >= 0.3 is 0 Å². The molecule has 0 atom stereocenters. The van der Waals surface area contributed by atoms with Gasteiger partial charge in [-0.3, -0.25) is 0 Å². The number of rotatable bonds is 8. The Labute approximate surface area is 148 Å². The maximum atomic E-state index is 5.82. The number of nitrogens with zero attached hydrogens (tertiary/aromatic N) is 2. The first-order chi connectivity index (χ1) is 12.2. The smallest absolute Gasteiger partial charge is 0.127 e. The van der Waals surface area contributed by atoms with Crippen LogP contribution in [0.5, 0.6) is 5.75 Å². The van der Waals surface area contributed by atoms with E-state index in [0.717, 1.165) is 28.4 Å². The van der Waals surface area contributed by atoms with Crippen molar-refractivity contribution < 1.29 is 9.47 Å². The second-order valence-corrected chi connectivity index (χ2v) is 5.85. The van der Waals surface area contributed by atoms with Crippen LogP contribution in [0.2, 0.25) is 0 Å². The third-order valence-corrected chi connectivity index (χ3v) is 4.00. The second kappa shape index (κ2) is 8.35. The fourth-order valence-corrected chi connectivity index (χ4v) is 2.53. The lowest BCUT2D eigenvalue weighted by Crippen LogP contribution is -2.05. The molecule has 0 saturated heterocycles. The molecule has 1 N–H and O–H groups in total. The van der Waals surface area contributed by atoms with Crippen LogP contribution in [-0.4, -0.2) is 16.7 Å². The number of anilines is 1. The van der Waals surface area contributed by atoms with Gasteiger partial charge in [-0.15, -0.1) is 0 Å². The van der Waals surface area contributed by atoms with Crippen molar-refractivity contribution in [2.45, 2.75) is 19.8 Å². The van der Waals surface area contributed by atoms with Crippen LogP contribution < -0.4 is 10.1 Å². The maximum absolute atomic E-state index is 5.82. The summed E-state index contributed by atoms with van der Waals surface area (Å²) >= 11 is 0. The second-order valence-electron chi connectivity index (χ2n) is 5.85. The normalized spacial score (nSPS) is 10.6.